The highest BCUT2D eigenvalue weighted by Gasteiger charge is 2.38. The molecule has 0 bridgehead atoms. The van der Waals surface area contributed by atoms with Gasteiger partial charge in [0, 0.05) is 26.3 Å². The molecule has 4 N–H and O–H groups in total. The molecule has 0 radical (unpaired) electrons. The molecule has 146 valence electrons. The standard InChI is InChI=1S/C17H23ClN2O5.ClH/c18-12-7-11(8-14-15(12)25-6-5-24-14)13(21)9-20-16(22)17(10-19)1-3-23-4-2-17;/h7-8,13,21H,1-6,9-10,19H2,(H,20,22);1H. The lowest BCUT2D eigenvalue weighted by Crippen LogP contribution is -2.49. The molecule has 0 aromatic heterocycles. The second-order valence-corrected chi connectivity index (χ2v) is 6.76. The molecule has 2 heterocycles. The van der Waals surface area contributed by atoms with E-state index >= 15 is 0 Å². The fourth-order valence-corrected chi connectivity index (χ4v) is 3.38. The molecule has 0 saturated carbocycles. The molecule has 1 fully saturated rings. The number of hydrogen-bond donors (Lipinski definition) is 3. The zero-order chi connectivity index (χ0) is 17.9. The first-order valence-corrected chi connectivity index (χ1v) is 8.77. The number of hydrogen-bond acceptors (Lipinski definition) is 6. The van der Waals surface area contributed by atoms with Gasteiger partial charge in [-0.25, -0.2) is 0 Å². The van der Waals surface area contributed by atoms with E-state index in [0.29, 0.717) is 61.4 Å². The van der Waals surface area contributed by atoms with Crippen molar-refractivity contribution >= 4 is 29.9 Å². The third-order valence-corrected chi connectivity index (χ3v) is 5.06. The lowest BCUT2D eigenvalue weighted by Gasteiger charge is -2.34. The Bertz CT molecular complexity index is 638. The van der Waals surface area contributed by atoms with Crippen LogP contribution in [-0.4, -0.2) is 50.5 Å². The number of amides is 1. The van der Waals surface area contributed by atoms with Crippen LogP contribution in [0.4, 0.5) is 0 Å². The van der Waals surface area contributed by atoms with Gasteiger partial charge in [0.1, 0.15) is 13.2 Å². The molecule has 0 spiro atoms. The fraction of sp³-hybridized carbons (Fsp3) is 0.588. The van der Waals surface area contributed by atoms with Crippen molar-refractivity contribution in [2.75, 3.05) is 39.5 Å². The van der Waals surface area contributed by atoms with Gasteiger partial charge in [-0.15, -0.1) is 12.4 Å². The van der Waals surface area contributed by atoms with Gasteiger partial charge in [-0.2, -0.15) is 0 Å². The predicted octanol–water partition coefficient (Wildman–Crippen LogP) is 1.44. The van der Waals surface area contributed by atoms with Crippen molar-refractivity contribution in [1.29, 1.82) is 0 Å². The Kier molecular flexibility index (Phi) is 7.37. The van der Waals surface area contributed by atoms with Gasteiger partial charge >= 0.3 is 0 Å². The summed E-state index contributed by atoms with van der Waals surface area (Å²) in [5, 5.41) is 13.6. The molecule has 1 atom stereocenters. The summed E-state index contributed by atoms with van der Waals surface area (Å²) < 4.78 is 16.3. The number of ether oxygens (including phenoxy) is 3. The van der Waals surface area contributed by atoms with Crippen molar-refractivity contribution in [3.63, 3.8) is 0 Å². The third-order valence-electron chi connectivity index (χ3n) is 4.78. The summed E-state index contributed by atoms with van der Waals surface area (Å²) in [6.45, 7) is 2.23. The summed E-state index contributed by atoms with van der Waals surface area (Å²) in [5.41, 5.74) is 5.76. The first-order chi connectivity index (χ1) is 12.1. The Morgan fingerprint density at radius 2 is 1.96 bits per heavy atom. The molecule has 1 amide bonds. The van der Waals surface area contributed by atoms with E-state index in [2.05, 4.69) is 5.32 Å². The minimum Gasteiger partial charge on any atom is -0.486 e. The van der Waals surface area contributed by atoms with Crippen LogP contribution in [0.3, 0.4) is 0 Å². The second kappa shape index (κ2) is 9.10. The Morgan fingerprint density at radius 3 is 2.65 bits per heavy atom. The molecular formula is C17H24Cl2N2O5. The van der Waals surface area contributed by atoms with Gasteiger partial charge in [0.25, 0.3) is 0 Å². The van der Waals surface area contributed by atoms with Crippen molar-refractivity contribution in [1.82, 2.24) is 5.32 Å². The fourth-order valence-electron chi connectivity index (χ4n) is 3.10. The Hall–Kier alpha value is -1.25. The highest BCUT2D eigenvalue weighted by Crippen LogP contribution is 2.39. The summed E-state index contributed by atoms with van der Waals surface area (Å²) in [6, 6.07) is 3.31. The molecule has 2 aliphatic rings. The largest absolute Gasteiger partial charge is 0.486 e. The average Bonchev–Trinajstić information content (AvgIpc) is 2.66. The van der Waals surface area contributed by atoms with E-state index in [1.807, 2.05) is 0 Å². The third kappa shape index (κ3) is 4.35. The molecule has 1 aromatic rings. The molecular weight excluding hydrogens is 383 g/mol. The van der Waals surface area contributed by atoms with Crippen LogP contribution in [0.1, 0.15) is 24.5 Å². The number of benzene rings is 1. The summed E-state index contributed by atoms with van der Waals surface area (Å²) in [5.74, 6) is 0.833. The average molecular weight is 407 g/mol. The second-order valence-electron chi connectivity index (χ2n) is 6.35. The number of halogens is 2. The number of carbonyl (C=O) groups excluding carboxylic acids is 1. The van der Waals surface area contributed by atoms with Crippen molar-refractivity contribution in [3.05, 3.63) is 22.7 Å². The van der Waals surface area contributed by atoms with E-state index in [-0.39, 0.29) is 31.4 Å². The molecule has 1 unspecified atom stereocenters. The van der Waals surface area contributed by atoms with Gasteiger partial charge in [-0.1, -0.05) is 11.6 Å². The molecule has 7 nitrogen and oxygen atoms in total. The maximum Gasteiger partial charge on any atom is 0.227 e. The SMILES string of the molecule is Cl.NCC1(C(=O)NCC(O)c2cc(Cl)c3c(c2)OCCO3)CCOCC1. The van der Waals surface area contributed by atoms with Gasteiger partial charge in [0.05, 0.1) is 16.5 Å². The number of carbonyl (C=O) groups is 1. The molecule has 26 heavy (non-hydrogen) atoms. The maximum atomic E-state index is 12.6. The van der Waals surface area contributed by atoms with E-state index in [1.54, 1.807) is 12.1 Å². The minimum atomic E-state index is -0.910. The van der Waals surface area contributed by atoms with E-state index in [0.717, 1.165) is 0 Å². The quantitative estimate of drug-likeness (QED) is 0.683. The molecule has 1 aromatic carbocycles. The first-order valence-electron chi connectivity index (χ1n) is 8.39. The van der Waals surface area contributed by atoms with E-state index in [1.165, 1.54) is 0 Å². The molecule has 1 saturated heterocycles. The van der Waals surface area contributed by atoms with Crippen LogP contribution in [0.25, 0.3) is 0 Å². The van der Waals surface area contributed by atoms with Crippen molar-refractivity contribution in [2.24, 2.45) is 11.1 Å². The van der Waals surface area contributed by atoms with Crippen LogP contribution in [0.2, 0.25) is 5.02 Å². The van der Waals surface area contributed by atoms with Crippen LogP contribution in [-0.2, 0) is 9.53 Å². The van der Waals surface area contributed by atoms with Crippen LogP contribution in [0.15, 0.2) is 12.1 Å². The number of rotatable bonds is 5. The molecule has 9 heteroatoms. The Morgan fingerprint density at radius 1 is 1.27 bits per heavy atom. The van der Waals surface area contributed by atoms with Gasteiger partial charge in [0.2, 0.25) is 5.91 Å². The summed E-state index contributed by atoms with van der Waals surface area (Å²) in [6.07, 6.45) is 0.259. The van der Waals surface area contributed by atoms with Crippen LogP contribution in [0.5, 0.6) is 11.5 Å². The zero-order valence-corrected chi connectivity index (χ0v) is 15.9. The van der Waals surface area contributed by atoms with E-state index < -0.39 is 11.5 Å². The first kappa shape index (κ1) is 21.1. The van der Waals surface area contributed by atoms with E-state index in [4.69, 9.17) is 31.5 Å². The number of aliphatic hydroxyl groups excluding tert-OH is 1. The predicted molar refractivity (Wildman–Crippen MR) is 99.2 cm³/mol. The van der Waals surface area contributed by atoms with E-state index in [9.17, 15) is 9.90 Å². The number of nitrogens with two attached hydrogens (primary N) is 1. The molecule has 2 aliphatic heterocycles. The topological polar surface area (TPSA) is 103 Å². The van der Waals surface area contributed by atoms with Crippen molar-refractivity contribution < 1.29 is 24.1 Å². The lowest BCUT2D eigenvalue weighted by atomic mass is 9.79. The summed E-state index contributed by atoms with van der Waals surface area (Å²) >= 11 is 6.19. The van der Waals surface area contributed by atoms with Gasteiger partial charge in [-0.05, 0) is 30.5 Å². The lowest BCUT2D eigenvalue weighted by molar-refractivity contribution is -0.136. The summed E-state index contributed by atoms with van der Waals surface area (Å²) in [7, 11) is 0. The maximum absolute atomic E-state index is 12.6. The van der Waals surface area contributed by atoms with Crippen LogP contribution >= 0.6 is 24.0 Å². The smallest absolute Gasteiger partial charge is 0.227 e. The monoisotopic (exact) mass is 406 g/mol. The Balaban J connectivity index is 0.00000243. The Labute approximate surface area is 163 Å². The van der Waals surface area contributed by atoms with Crippen LogP contribution < -0.4 is 20.5 Å². The highest BCUT2D eigenvalue weighted by molar-refractivity contribution is 6.32. The highest BCUT2D eigenvalue weighted by atomic mass is 35.5. The molecule has 3 rings (SSSR count). The van der Waals surface area contributed by atoms with Crippen LogP contribution in [0, 0.1) is 5.41 Å². The van der Waals surface area contributed by atoms with Gasteiger partial charge in [0.15, 0.2) is 11.5 Å². The molecule has 0 aliphatic carbocycles. The zero-order valence-electron chi connectivity index (χ0n) is 14.3. The normalized spacial score (nSPS) is 19.2. The van der Waals surface area contributed by atoms with Gasteiger partial charge < -0.3 is 30.4 Å². The van der Waals surface area contributed by atoms with Crippen molar-refractivity contribution in [2.45, 2.75) is 18.9 Å². The number of aliphatic hydroxyl groups is 1. The number of nitrogens with one attached hydrogen (secondary N) is 1. The number of fused-ring (bicyclic) bond motifs is 1. The van der Waals surface area contributed by atoms with Gasteiger partial charge in [-0.3, -0.25) is 4.79 Å². The summed E-state index contributed by atoms with van der Waals surface area (Å²) in [4.78, 5) is 12.6. The van der Waals surface area contributed by atoms with Crippen molar-refractivity contribution in [3.8, 4) is 11.5 Å². The minimum absolute atomic E-state index is 0.